The van der Waals surface area contributed by atoms with Gasteiger partial charge in [0.15, 0.2) is 5.82 Å². The van der Waals surface area contributed by atoms with E-state index in [4.69, 9.17) is 4.52 Å². The number of sulfonamides is 1. The number of hydrogen-bond acceptors (Lipinski definition) is 7. The van der Waals surface area contributed by atoms with Gasteiger partial charge in [-0.15, -0.1) is 0 Å². The zero-order valence-corrected chi connectivity index (χ0v) is 15.3. The number of amides is 1. The molecule has 3 rings (SSSR count). The van der Waals surface area contributed by atoms with Crippen molar-refractivity contribution in [3.05, 3.63) is 41.8 Å². The number of carbonyl (C=O) groups excluding carboxylic acids is 1. The largest absolute Gasteiger partial charge is 0.352 e. The Morgan fingerprint density at radius 3 is 3.04 bits per heavy atom. The molecule has 2 aromatic heterocycles. The van der Waals surface area contributed by atoms with Crippen LogP contribution in [0.2, 0.25) is 0 Å². The number of pyridine rings is 1. The Balaban J connectivity index is 1.51. The fraction of sp³-hybridized carbons (Fsp3) is 0.500. The summed E-state index contributed by atoms with van der Waals surface area (Å²) in [5.41, 5.74) is 0.919. The van der Waals surface area contributed by atoms with Crippen LogP contribution in [-0.4, -0.2) is 46.6 Å². The summed E-state index contributed by atoms with van der Waals surface area (Å²) in [5, 5.41) is 6.70. The van der Waals surface area contributed by atoms with Gasteiger partial charge in [-0.25, -0.2) is 8.42 Å². The summed E-state index contributed by atoms with van der Waals surface area (Å²) in [6.07, 6.45) is 6.49. The predicted octanol–water partition coefficient (Wildman–Crippen LogP) is 0.810. The second-order valence-electron chi connectivity index (χ2n) is 6.22. The Kier molecular flexibility index (Phi) is 5.62. The summed E-state index contributed by atoms with van der Waals surface area (Å²) in [7, 11) is -3.31. The van der Waals surface area contributed by atoms with Gasteiger partial charge in [0.25, 0.3) is 0 Å². The Morgan fingerprint density at radius 1 is 1.46 bits per heavy atom. The molecule has 10 heteroatoms. The first-order valence-corrected chi connectivity index (χ1v) is 10.2. The fourth-order valence-electron chi connectivity index (χ4n) is 2.91. The van der Waals surface area contributed by atoms with Gasteiger partial charge in [0, 0.05) is 38.3 Å². The lowest BCUT2D eigenvalue weighted by atomic mass is 10.2. The molecule has 0 saturated carbocycles. The van der Waals surface area contributed by atoms with Crippen molar-refractivity contribution in [2.45, 2.75) is 38.3 Å². The summed E-state index contributed by atoms with van der Waals surface area (Å²) in [6.45, 7) is 0.872. The highest BCUT2D eigenvalue weighted by Crippen LogP contribution is 2.32. The van der Waals surface area contributed by atoms with Crippen molar-refractivity contribution in [2.24, 2.45) is 0 Å². The molecule has 140 valence electrons. The van der Waals surface area contributed by atoms with Gasteiger partial charge in [0.2, 0.25) is 21.8 Å². The molecule has 0 radical (unpaired) electrons. The molecule has 0 spiro atoms. The number of nitrogens with one attached hydrogen (secondary N) is 1. The molecule has 9 nitrogen and oxygen atoms in total. The minimum absolute atomic E-state index is 0.132. The van der Waals surface area contributed by atoms with Crippen molar-refractivity contribution in [1.29, 1.82) is 0 Å². The number of nitrogens with zero attached hydrogens (tertiary/aromatic N) is 4. The van der Waals surface area contributed by atoms with Gasteiger partial charge >= 0.3 is 0 Å². The topological polar surface area (TPSA) is 118 Å². The average molecular weight is 379 g/mol. The second-order valence-corrected chi connectivity index (χ2v) is 8.15. The van der Waals surface area contributed by atoms with Crippen LogP contribution in [0.3, 0.4) is 0 Å². The predicted molar refractivity (Wildman–Crippen MR) is 92.2 cm³/mol. The molecule has 3 heterocycles. The smallest absolute Gasteiger partial charge is 0.227 e. The molecule has 1 N–H and O–H groups in total. The average Bonchev–Trinajstić information content (AvgIpc) is 3.27. The third kappa shape index (κ3) is 4.64. The molecule has 1 atom stereocenters. The van der Waals surface area contributed by atoms with E-state index in [1.165, 1.54) is 10.6 Å². The number of aryl methyl sites for hydroxylation is 1. The van der Waals surface area contributed by atoms with E-state index < -0.39 is 10.0 Å². The van der Waals surface area contributed by atoms with Crippen LogP contribution in [0.1, 0.15) is 42.6 Å². The molecule has 1 aliphatic rings. The summed E-state index contributed by atoms with van der Waals surface area (Å²) in [6, 6.07) is 3.30. The van der Waals surface area contributed by atoms with Gasteiger partial charge in [-0.05, 0) is 24.5 Å². The molecule has 0 bridgehead atoms. The minimum Gasteiger partial charge on any atom is -0.352 e. The fourth-order valence-corrected chi connectivity index (χ4v) is 4.03. The summed E-state index contributed by atoms with van der Waals surface area (Å²) >= 11 is 0. The maximum atomic E-state index is 11.9. The first kappa shape index (κ1) is 18.5. The second kappa shape index (κ2) is 7.92. The highest BCUT2D eigenvalue weighted by atomic mass is 32.2. The minimum atomic E-state index is -3.31. The molecule has 2 aromatic rings. The van der Waals surface area contributed by atoms with E-state index in [0.29, 0.717) is 37.6 Å². The van der Waals surface area contributed by atoms with Crippen molar-refractivity contribution in [3.8, 4) is 0 Å². The number of aromatic nitrogens is 3. The van der Waals surface area contributed by atoms with E-state index in [2.05, 4.69) is 20.4 Å². The van der Waals surface area contributed by atoms with Crippen LogP contribution in [0.5, 0.6) is 0 Å². The van der Waals surface area contributed by atoms with Crippen molar-refractivity contribution >= 4 is 15.9 Å². The molecular formula is C16H21N5O4S. The van der Waals surface area contributed by atoms with Crippen molar-refractivity contribution in [1.82, 2.24) is 24.7 Å². The first-order valence-electron chi connectivity index (χ1n) is 8.38. The lowest BCUT2D eigenvalue weighted by Crippen LogP contribution is -2.30. The molecule has 0 aliphatic carbocycles. The third-order valence-electron chi connectivity index (χ3n) is 4.19. The number of hydrogen-bond donors (Lipinski definition) is 1. The first-order chi connectivity index (χ1) is 12.4. The van der Waals surface area contributed by atoms with Crippen molar-refractivity contribution < 1.29 is 17.7 Å². The lowest BCUT2D eigenvalue weighted by Gasteiger charge is -2.18. The highest BCUT2D eigenvalue weighted by Gasteiger charge is 2.35. The Morgan fingerprint density at radius 2 is 2.31 bits per heavy atom. The van der Waals surface area contributed by atoms with E-state index in [9.17, 15) is 13.2 Å². The van der Waals surface area contributed by atoms with Gasteiger partial charge < -0.3 is 9.84 Å². The van der Waals surface area contributed by atoms with E-state index in [1.54, 1.807) is 12.4 Å². The van der Waals surface area contributed by atoms with Gasteiger partial charge in [0.1, 0.15) is 0 Å². The van der Waals surface area contributed by atoms with Crippen LogP contribution < -0.4 is 5.32 Å². The molecule has 0 unspecified atom stereocenters. The maximum absolute atomic E-state index is 11.9. The van der Waals surface area contributed by atoms with Crippen LogP contribution in [0.15, 0.2) is 29.0 Å². The van der Waals surface area contributed by atoms with Crippen LogP contribution in [0, 0.1) is 0 Å². The molecule has 1 saturated heterocycles. The normalized spacial score (nSPS) is 18.1. The van der Waals surface area contributed by atoms with Crippen LogP contribution in [-0.2, 0) is 27.8 Å². The summed E-state index contributed by atoms with van der Waals surface area (Å²) in [4.78, 5) is 20.2. The van der Waals surface area contributed by atoms with Crippen molar-refractivity contribution in [2.75, 3.05) is 12.8 Å². The molecule has 1 aliphatic heterocycles. The van der Waals surface area contributed by atoms with Crippen LogP contribution >= 0.6 is 0 Å². The number of rotatable bonds is 7. The van der Waals surface area contributed by atoms with Crippen LogP contribution in [0.4, 0.5) is 0 Å². The summed E-state index contributed by atoms with van der Waals surface area (Å²) in [5.74, 6) is 0.558. The Hall–Kier alpha value is -2.33. The summed E-state index contributed by atoms with van der Waals surface area (Å²) < 4.78 is 30.2. The zero-order chi connectivity index (χ0) is 18.6. The quantitative estimate of drug-likeness (QED) is 0.756. The Labute approximate surface area is 151 Å². The SMILES string of the molecule is CS(=O)(=O)N1CCC[C@H]1c1noc(CCC(=O)NCc2cccnc2)n1. The van der Waals surface area contributed by atoms with E-state index in [1.807, 2.05) is 12.1 Å². The molecular weight excluding hydrogens is 358 g/mol. The lowest BCUT2D eigenvalue weighted by molar-refractivity contribution is -0.121. The van der Waals surface area contributed by atoms with Crippen LogP contribution in [0.25, 0.3) is 0 Å². The Bertz CT molecular complexity index is 853. The van der Waals surface area contributed by atoms with Crippen molar-refractivity contribution in [3.63, 3.8) is 0 Å². The van der Waals surface area contributed by atoms with E-state index >= 15 is 0 Å². The highest BCUT2D eigenvalue weighted by molar-refractivity contribution is 7.88. The monoisotopic (exact) mass is 379 g/mol. The van der Waals surface area contributed by atoms with E-state index in [0.717, 1.165) is 12.0 Å². The van der Waals surface area contributed by atoms with Gasteiger partial charge in [0.05, 0.1) is 12.3 Å². The standard InChI is InChI=1S/C16H21N5O4S/c1-26(23,24)21-9-3-5-13(21)16-19-15(25-20-16)7-6-14(22)18-11-12-4-2-8-17-10-12/h2,4,8,10,13H,3,5-7,9,11H2,1H3,(H,18,22)/t13-/m0/s1. The van der Waals surface area contributed by atoms with Gasteiger partial charge in [-0.1, -0.05) is 11.2 Å². The molecule has 0 aromatic carbocycles. The third-order valence-corrected chi connectivity index (χ3v) is 5.48. The van der Waals surface area contributed by atoms with E-state index in [-0.39, 0.29) is 18.4 Å². The molecule has 26 heavy (non-hydrogen) atoms. The zero-order valence-electron chi connectivity index (χ0n) is 14.5. The maximum Gasteiger partial charge on any atom is 0.227 e. The molecule has 1 fully saturated rings. The van der Waals surface area contributed by atoms with Gasteiger partial charge in [-0.2, -0.15) is 9.29 Å². The van der Waals surface area contributed by atoms with Gasteiger partial charge in [-0.3, -0.25) is 9.78 Å². The molecule has 1 amide bonds. The number of carbonyl (C=O) groups is 1.